The third kappa shape index (κ3) is 6.07. The van der Waals surface area contributed by atoms with Crippen LogP contribution in [0.15, 0.2) is 48.5 Å². The van der Waals surface area contributed by atoms with Gasteiger partial charge in [-0.1, -0.05) is 30.3 Å². The lowest BCUT2D eigenvalue weighted by Crippen LogP contribution is -2.30. The van der Waals surface area contributed by atoms with Gasteiger partial charge in [0.15, 0.2) is 12.4 Å². The number of para-hydroxylation sites is 2. The number of carbonyl (C=O) groups is 1. The summed E-state index contributed by atoms with van der Waals surface area (Å²) in [5.74, 6) is 0.582. The Hall–Kier alpha value is -2.61. The highest BCUT2D eigenvalue weighted by atomic mass is 32.2. The Morgan fingerprint density at radius 2 is 1.92 bits per heavy atom. The minimum Gasteiger partial charge on any atom is -0.477 e. The van der Waals surface area contributed by atoms with Gasteiger partial charge in [-0.15, -0.1) is 0 Å². The van der Waals surface area contributed by atoms with E-state index in [1.807, 2.05) is 0 Å². The smallest absolute Gasteiger partial charge is 0.310 e. The molecule has 0 fully saturated rings. The molecule has 0 aliphatic heterocycles. The lowest BCUT2D eigenvalue weighted by atomic mass is 10.2. The molecule has 132 valence electrons. The van der Waals surface area contributed by atoms with E-state index in [1.165, 1.54) is 36.0 Å². The number of hydrogen-bond acceptors (Lipinski definition) is 5. The summed E-state index contributed by atoms with van der Waals surface area (Å²) in [6.45, 7) is 0.0982. The van der Waals surface area contributed by atoms with Crippen molar-refractivity contribution >= 4 is 23.4 Å². The minimum absolute atomic E-state index is 0.0524. The van der Waals surface area contributed by atoms with Crippen LogP contribution in [0, 0.1) is 15.9 Å². The average Bonchev–Trinajstić information content (AvgIpc) is 2.61. The molecule has 2 aromatic rings. The van der Waals surface area contributed by atoms with Gasteiger partial charge in [-0.25, -0.2) is 4.39 Å². The molecule has 1 N–H and O–H groups in total. The number of ether oxygens (including phenoxy) is 1. The molecular weight excluding hydrogens is 347 g/mol. The summed E-state index contributed by atoms with van der Waals surface area (Å²) in [7, 11) is 0. The Bertz CT molecular complexity index is 742. The molecule has 0 aliphatic carbocycles. The topological polar surface area (TPSA) is 81.5 Å². The van der Waals surface area contributed by atoms with Crippen molar-refractivity contribution in [1.82, 2.24) is 5.32 Å². The molecule has 2 rings (SSSR count). The van der Waals surface area contributed by atoms with E-state index < -0.39 is 4.92 Å². The maximum absolute atomic E-state index is 13.4. The first-order valence-corrected chi connectivity index (χ1v) is 8.67. The second-order valence-electron chi connectivity index (χ2n) is 5.01. The van der Waals surface area contributed by atoms with Gasteiger partial charge in [0.25, 0.3) is 5.91 Å². The molecule has 0 atom stereocenters. The number of thioether (sulfide) groups is 1. The Kier molecular flexibility index (Phi) is 7.21. The first-order chi connectivity index (χ1) is 12.1. The first-order valence-electron chi connectivity index (χ1n) is 7.52. The van der Waals surface area contributed by atoms with Gasteiger partial charge in [0.05, 0.1) is 4.92 Å². The third-order valence-corrected chi connectivity index (χ3v) is 4.21. The largest absolute Gasteiger partial charge is 0.477 e. The SMILES string of the molecule is O=C(COc1ccccc1[N+](=O)[O-])NCCSCc1ccccc1F. The van der Waals surface area contributed by atoms with E-state index >= 15 is 0 Å². The van der Waals surface area contributed by atoms with Gasteiger partial charge in [0, 0.05) is 24.1 Å². The summed E-state index contributed by atoms with van der Waals surface area (Å²) in [5, 5.41) is 13.5. The predicted octanol–water partition coefficient (Wildman–Crippen LogP) is 3.16. The highest BCUT2D eigenvalue weighted by Gasteiger charge is 2.14. The van der Waals surface area contributed by atoms with E-state index in [4.69, 9.17) is 4.74 Å². The molecule has 0 aliphatic rings. The predicted molar refractivity (Wildman–Crippen MR) is 94.2 cm³/mol. The quantitative estimate of drug-likeness (QED) is 0.420. The van der Waals surface area contributed by atoms with Crippen LogP contribution in [-0.4, -0.2) is 29.7 Å². The molecule has 0 unspecified atom stereocenters. The van der Waals surface area contributed by atoms with Crippen molar-refractivity contribution in [3.8, 4) is 5.75 Å². The first kappa shape index (κ1) is 18.7. The zero-order valence-corrected chi connectivity index (χ0v) is 14.1. The summed E-state index contributed by atoms with van der Waals surface area (Å²) in [4.78, 5) is 22.0. The van der Waals surface area contributed by atoms with Crippen LogP contribution < -0.4 is 10.1 Å². The van der Waals surface area contributed by atoms with Crippen LogP contribution >= 0.6 is 11.8 Å². The molecule has 0 saturated carbocycles. The Morgan fingerprint density at radius 1 is 1.20 bits per heavy atom. The Balaban J connectivity index is 1.66. The fraction of sp³-hybridized carbons (Fsp3) is 0.235. The summed E-state index contributed by atoms with van der Waals surface area (Å²) in [6.07, 6.45) is 0. The molecule has 0 aromatic heterocycles. The van der Waals surface area contributed by atoms with Crippen LogP contribution in [0.25, 0.3) is 0 Å². The lowest BCUT2D eigenvalue weighted by Gasteiger charge is -2.08. The van der Waals surface area contributed by atoms with Gasteiger partial charge in [-0.3, -0.25) is 14.9 Å². The van der Waals surface area contributed by atoms with Crippen LogP contribution in [-0.2, 0) is 10.5 Å². The number of halogens is 1. The van der Waals surface area contributed by atoms with Gasteiger partial charge >= 0.3 is 5.69 Å². The van der Waals surface area contributed by atoms with E-state index in [0.717, 1.165) is 0 Å². The molecule has 0 spiro atoms. The zero-order valence-electron chi connectivity index (χ0n) is 13.3. The van der Waals surface area contributed by atoms with Crippen molar-refractivity contribution in [1.29, 1.82) is 0 Å². The fourth-order valence-corrected chi connectivity index (χ4v) is 2.83. The normalized spacial score (nSPS) is 10.3. The van der Waals surface area contributed by atoms with Gasteiger partial charge in [0.1, 0.15) is 5.82 Å². The highest BCUT2D eigenvalue weighted by Crippen LogP contribution is 2.25. The second kappa shape index (κ2) is 9.63. The number of amides is 1. The molecule has 0 radical (unpaired) electrons. The van der Waals surface area contributed by atoms with Crippen molar-refractivity contribution in [2.75, 3.05) is 18.9 Å². The van der Waals surface area contributed by atoms with Gasteiger partial charge in [-0.2, -0.15) is 11.8 Å². The molecule has 0 saturated heterocycles. The van der Waals surface area contributed by atoms with Crippen LogP contribution in [0.5, 0.6) is 5.75 Å². The molecule has 0 heterocycles. The number of nitrogens with one attached hydrogen (secondary N) is 1. The Labute approximate surface area is 148 Å². The van der Waals surface area contributed by atoms with Gasteiger partial charge in [-0.05, 0) is 17.7 Å². The number of nitro benzene ring substituents is 1. The maximum Gasteiger partial charge on any atom is 0.310 e. The van der Waals surface area contributed by atoms with E-state index in [2.05, 4.69) is 5.32 Å². The van der Waals surface area contributed by atoms with Crippen LogP contribution in [0.1, 0.15) is 5.56 Å². The average molecular weight is 364 g/mol. The van der Waals surface area contributed by atoms with Crippen molar-refractivity contribution in [3.05, 3.63) is 70.0 Å². The van der Waals surface area contributed by atoms with Crippen molar-refractivity contribution in [2.24, 2.45) is 0 Å². The van der Waals surface area contributed by atoms with E-state index in [9.17, 15) is 19.3 Å². The van der Waals surface area contributed by atoms with E-state index in [1.54, 1.807) is 24.3 Å². The molecule has 8 heteroatoms. The number of carbonyl (C=O) groups excluding carboxylic acids is 1. The van der Waals surface area contributed by atoms with Crippen molar-refractivity contribution in [3.63, 3.8) is 0 Å². The number of nitro groups is 1. The molecule has 0 bridgehead atoms. The highest BCUT2D eigenvalue weighted by molar-refractivity contribution is 7.98. The molecule has 25 heavy (non-hydrogen) atoms. The third-order valence-electron chi connectivity index (χ3n) is 3.20. The van der Waals surface area contributed by atoms with Gasteiger partial charge in [0.2, 0.25) is 0 Å². The number of benzene rings is 2. The van der Waals surface area contributed by atoms with Gasteiger partial charge < -0.3 is 10.1 Å². The summed E-state index contributed by atoms with van der Waals surface area (Å²) in [5.41, 5.74) is 0.439. The minimum atomic E-state index is -0.563. The fourth-order valence-electron chi connectivity index (χ4n) is 1.98. The Morgan fingerprint density at radius 3 is 2.68 bits per heavy atom. The standard InChI is InChI=1S/C17H17FN2O4S/c18-14-6-2-1-5-13(14)12-25-10-9-19-17(21)11-24-16-8-4-3-7-15(16)20(22)23/h1-8H,9-12H2,(H,19,21). The van der Waals surface area contributed by atoms with Crippen LogP contribution in [0.3, 0.4) is 0 Å². The van der Waals surface area contributed by atoms with Crippen molar-refractivity contribution in [2.45, 2.75) is 5.75 Å². The summed E-state index contributed by atoms with van der Waals surface area (Å²) in [6, 6.07) is 12.4. The zero-order chi connectivity index (χ0) is 18.1. The van der Waals surface area contributed by atoms with Crippen molar-refractivity contribution < 1.29 is 18.8 Å². The maximum atomic E-state index is 13.4. The summed E-state index contributed by atoms with van der Waals surface area (Å²) < 4.78 is 18.6. The van der Waals surface area contributed by atoms with Crippen LogP contribution in [0.2, 0.25) is 0 Å². The second-order valence-corrected chi connectivity index (χ2v) is 6.11. The lowest BCUT2D eigenvalue weighted by molar-refractivity contribution is -0.385. The monoisotopic (exact) mass is 364 g/mol. The molecule has 2 aromatic carbocycles. The number of rotatable bonds is 9. The van der Waals surface area contributed by atoms with Crippen LogP contribution in [0.4, 0.5) is 10.1 Å². The van der Waals surface area contributed by atoms with E-state index in [-0.39, 0.29) is 29.8 Å². The van der Waals surface area contributed by atoms with E-state index in [0.29, 0.717) is 23.6 Å². The number of nitrogens with zero attached hydrogens (tertiary/aromatic N) is 1. The molecule has 6 nitrogen and oxygen atoms in total. The number of hydrogen-bond donors (Lipinski definition) is 1. The molecular formula is C17H17FN2O4S. The summed E-state index contributed by atoms with van der Waals surface area (Å²) >= 11 is 1.50. The molecule has 1 amide bonds.